The van der Waals surface area contributed by atoms with Gasteiger partial charge in [0.15, 0.2) is 5.76 Å². The van der Waals surface area contributed by atoms with Crippen LogP contribution in [0.1, 0.15) is 5.56 Å². The minimum Gasteiger partial charge on any atom is -0.454 e. The van der Waals surface area contributed by atoms with E-state index in [4.69, 9.17) is 4.42 Å². The van der Waals surface area contributed by atoms with E-state index < -0.39 is 0 Å². The van der Waals surface area contributed by atoms with Gasteiger partial charge in [-0.25, -0.2) is 0 Å². The molecule has 32 heavy (non-hydrogen) atoms. The van der Waals surface area contributed by atoms with Crippen molar-refractivity contribution >= 4 is 21.7 Å². The van der Waals surface area contributed by atoms with Gasteiger partial charge in [0.05, 0.1) is 6.54 Å². The first-order valence-corrected chi connectivity index (χ1v) is 10.7. The van der Waals surface area contributed by atoms with Crippen LogP contribution >= 0.6 is 0 Å². The van der Waals surface area contributed by atoms with Gasteiger partial charge in [-0.2, -0.15) is 0 Å². The maximum absolute atomic E-state index is 9.58. The van der Waals surface area contributed by atoms with Crippen LogP contribution in [-0.4, -0.2) is 59.8 Å². The van der Waals surface area contributed by atoms with Crippen LogP contribution in [0.3, 0.4) is 0 Å². The fraction of sp³-hybridized carbons (Fsp3) is 0.231. The van der Waals surface area contributed by atoms with Crippen molar-refractivity contribution in [2.24, 2.45) is 5.16 Å². The summed E-state index contributed by atoms with van der Waals surface area (Å²) in [7, 11) is 2.15. The van der Waals surface area contributed by atoms with Gasteiger partial charge < -0.3 is 14.5 Å². The maximum Gasteiger partial charge on any atom is 0.155 e. The van der Waals surface area contributed by atoms with Gasteiger partial charge in [0.2, 0.25) is 0 Å². The third-order valence-corrected chi connectivity index (χ3v) is 5.87. The molecule has 2 aromatic heterocycles. The number of hydrogen-bond acceptors (Lipinski definition) is 6. The van der Waals surface area contributed by atoms with Crippen LogP contribution in [0.4, 0.5) is 0 Å². The van der Waals surface area contributed by atoms with Crippen molar-refractivity contribution in [1.82, 2.24) is 14.8 Å². The molecule has 160 valence electrons. The van der Waals surface area contributed by atoms with Crippen LogP contribution in [0.25, 0.3) is 33.2 Å². The average Bonchev–Trinajstić information content (AvgIpc) is 2.84. The molecule has 0 spiro atoms. The molecule has 5 rings (SSSR count). The highest BCUT2D eigenvalue weighted by Gasteiger charge is 2.12. The number of aromatic nitrogens is 1. The standard InChI is InChI=1S/C26H24N4O2/c1-29-11-13-30(14-12-29)10-4-5-19-8-9-22-23(28-31)17-26(32-25(22)15-19)24-16-20-6-2-3-7-21(20)18-27-24/h2-3,6-9,15-18,31H,10-14H2,1H3/b28-23-. The number of benzene rings is 2. The minimum absolute atomic E-state index is 0.438. The Hall–Kier alpha value is -3.66. The number of likely N-dealkylation sites (N-methyl/N-ethyl adjacent to an activating group) is 1. The highest BCUT2D eigenvalue weighted by Crippen LogP contribution is 2.24. The molecule has 0 aliphatic carbocycles. The first-order valence-electron chi connectivity index (χ1n) is 10.7. The fourth-order valence-electron chi connectivity index (χ4n) is 3.93. The third kappa shape index (κ3) is 4.22. The molecular weight excluding hydrogens is 400 g/mol. The van der Waals surface area contributed by atoms with Crippen LogP contribution in [-0.2, 0) is 0 Å². The summed E-state index contributed by atoms with van der Waals surface area (Å²) in [4.78, 5) is 9.23. The zero-order valence-electron chi connectivity index (χ0n) is 18.0. The Morgan fingerprint density at radius 1 is 1.03 bits per heavy atom. The molecule has 4 aromatic rings. The van der Waals surface area contributed by atoms with Crippen LogP contribution in [0.5, 0.6) is 0 Å². The Balaban J connectivity index is 1.47. The van der Waals surface area contributed by atoms with Gasteiger partial charge in [-0.15, -0.1) is 0 Å². The van der Waals surface area contributed by atoms with Crippen molar-refractivity contribution in [1.29, 1.82) is 0 Å². The zero-order chi connectivity index (χ0) is 21.9. The Kier molecular flexibility index (Phi) is 5.59. The molecule has 6 heteroatoms. The van der Waals surface area contributed by atoms with Crippen molar-refractivity contribution in [3.63, 3.8) is 0 Å². The van der Waals surface area contributed by atoms with Gasteiger partial charge >= 0.3 is 0 Å². The second-order valence-electron chi connectivity index (χ2n) is 8.10. The summed E-state index contributed by atoms with van der Waals surface area (Å²) in [5.41, 5.74) is 2.15. The van der Waals surface area contributed by atoms with Crippen LogP contribution in [0.15, 0.2) is 70.4 Å². The molecule has 0 atom stereocenters. The van der Waals surface area contributed by atoms with Crippen molar-refractivity contribution in [2.45, 2.75) is 0 Å². The molecule has 1 aliphatic rings. The Morgan fingerprint density at radius 2 is 1.84 bits per heavy atom. The summed E-state index contributed by atoms with van der Waals surface area (Å²) in [6.45, 7) is 5.00. The molecule has 2 aromatic carbocycles. The number of fused-ring (bicyclic) bond motifs is 2. The number of rotatable bonds is 2. The third-order valence-electron chi connectivity index (χ3n) is 5.87. The van der Waals surface area contributed by atoms with E-state index in [1.165, 1.54) is 0 Å². The quantitative estimate of drug-likeness (QED) is 0.303. The van der Waals surface area contributed by atoms with E-state index in [1.54, 1.807) is 6.07 Å². The van der Waals surface area contributed by atoms with Crippen molar-refractivity contribution in [2.75, 3.05) is 39.8 Å². The molecule has 1 aliphatic heterocycles. The topological polar surface area (TPSA) is 65.1 Å². The van der Waals surface area contributed by atoms with E-state index in [9.17, 15) is 5.21 Å². The summed E-state index contributed by atoms with van der Waals surface area (Å²) in [5, 5.41) is 16.3. The molecule has 0 saturated carbocycles. The predicted molar refractivity (Wildman–Crippen MR) is 125 cm³/mol. The van der Waals surface area contributed by atoms with E-state index >= 15 is 0 Å². The molecule has 1 N–H and O–H groups in total. The van der Waals surface area contributed by atoms with Gasteiger partial charge in [-0.1, -0.05) is 41.3 Å². The number of pyridine rings is 1. The molecule has 1 saturated heterocycles. The summed E-state index contributed by atoms with van der Waals surface area (Å²) in [5.74, 6) is 7.06. The predicted octanol–water partition coefficient (Wildman–Crippen LogP) is 3.54. The zero-order valence-corrected chi connectivity index (χ0v) is 18.0. The summed E-state index contributed by atoms with van der Waals surface area (Å²) in [6, 6.07) is 17.4. The smallest absolute Gasteiger partial charge is 0.155 e. The summed E-state index contributed by atoms with van der Waals surface area (Å²) < 4.78 is 6.17. The maximum atomic E-state index is 9.58. The molecule has 0 unspecified atom stereocenters. The van der Waals surface area contributed by atoms with Gasteiger partial charge in [-0.3, -0.25) is 9.88 Å². The molecule has 3 heterocycles. The lowest BCUT2D eigenvalue weighted by atomic mass is 10.1. The lowest BCUT2D eigenvalue weighted by Crippen LogP contribution is -2.44. The Labute approximate surface area is 186 Å². The monoisotopic (exact) mass is 424 g/mol. The first kappa shape index (κ1) is 20.3. The van der Waals surface area contributed by atoms with Gasteiger partial charge in [0, 0.05) is 54.8 Å². The summed E-state index contributed by atoms with van der Waals surface area (Å²) in [6.07, 6.45) is 1.82. The second kappa shape index (κ2) is 8.83. The van der Waals surface area contributed by atoms with Gasteiger partial charge in [-0.05, 0) is 36.7 Å². The second-order valence-corrected chi connectivity index (χ2v) is 8.10. The van der Waals surface area contributed by atoms with Crippen LogP contribution in [0, 0.1) is 11.8 Å². The molecule has 6 nitrogen and oxygen atoms in total. The number of hydrogen-bond donors (Lipinski definition) is 1. The summed E-state index contributed by atoms with van der Waals surface area (Å²) >= 11 is 0. The largest absolute Gasteiger partial charge is 0.454 e. The van der Waals surface area contributed by atoms with E-state index in [1.807, 2.05) is 54.7 Å². The highest BCUT2D eigenvalue weighted by atomic mass is 16.4. The van der Waals surface area contributed by atoms with E-state index in [0.717, 1.165) is 54.4 Å². The number of piperazine rings is 1. The molecule has 0 bridgehead atoms. The molecule has 1 fully saturated rings. The highest BCUT2D eigenvalue weighted by molar-refractivity contribution is 5.85. The molecule has 0 amide bonds. The van der Waals surface area contributed by atoms with Gasteiger partial charge in [0.25, 0.3) is 0 Å². The van der Waals surface area contributed by atoms with E-state index in [-0.39, 0.29) is 0 Å². The average molecular weight is 425 g/mol. The number of nitrogens with zero attached hydrogens (tertiary/aromatic N) is 4. The minimum atomic E-state index is 0.438. The lowest BCUT2D eigenvalue weighted by molar-refractivity contribution is 0.168. The van der Waals surface area contributed by atoms with Gasteiger partial charge in [0.1, 0.15) is 16.6 Å². The van der Waals surface area contributed by atoms with Crippen molar-refractivity contribution in [3.05, 3.63) is 71.7 Å². The van der Waals surface area contributed by atoms with E-state index in [0.29, 0.717) is 22.4 Å². The lowest BCUT2D eigenvalue weighted by Gasteiger charge is -2.30. The SMILES string of the molecule is CN1CCN(CC#Cc2ccc3/c(=N\O)cc(-c4cc5ccccc5cn4)oc3c2)CC1. The Morgan fingerprint density at radius 3 is 2.66 bits per heavy atom. The van der Waals surface area contributed by atoms with Crippen LogP contribution < -0.4 is 5.36 Å². The van der Waals surface area contributed by atoms with Crippen molar-refractivity contribution < 1.29 is 9.62 Å². The normalized spacial score (nSPS) is 15.7. The van der Waals surface area contributed by atoms with E-state index in [2.05, 4.69) is 38.8 Å². The first-order chi connectivity index (χ1) is 15.7. The fourth-order valence-corrected chi connectivity index (χ4v) is 3.93. The molecular formula is C26H24N4O2. The Bertz CT molecular complexity index is 1410. The van der Waals surface area contributed by atoms with Crippen molar-refractivity contribution in [3.8, 4) is 23.3 Å². The molecule has 0 radical (unpaired) electrons. The van der Waals surface area contributed by atoms with Crippen LogP contribution in [0.2, 0.25) is 0 Å².